The molecule has 2 saturated heterocycles. The lowest BCUT2D eigenvalue weighted by Gasteiger charge is -2.59. The Morgan fingerprint density at radius 1 is 0.763 bits per heavy atom. The van der Waals surface area contributed by atoms with Gasteiger partial charge < -0.3 is 52.8 Å². The monoisotopic (exact) mass is 1050 g/mol. The first kappa shape index (κ1) is 50.4. The van der Waals surface area contributed by atoms with Crippen molar-refractivity contribution in [3.63, 3.8) is 0 Å². The first-order valence-electron chi connectivity index (χ1n) is 26.8. The molecule has 0 amide bonds. The fourth-order valence-electron chi connectivity index (χ4n) is 14.9. The highest BCUT2D eigenvalue weighted by Crippen LogP contribution is 2.68. The molecular formula is C57H64F2N6O11. The van der Waals surface area contributed by atoms with Crippen LogP contribution in [0.2, 0.25) is 0 Å². The molecule has 5 fully saturated rings. The molecule has 1 N–H and O–H groups in total. The molecule has 9 atom stereocenters. The molecule has 1 unspecified atom stereocenters. The van der Waals surface area contributed by atoms with Gasteiger partial charge in [0.1, 0.15) is 35.7 Å². The average Bonchev–Trinajstić information content (AvgIpc) is 3.77. The third kappa shape index (κ3) is 7.44. The van der Waals surface area contributed by atoms with Crippen LogP contribution in [0.5, 0.6) is 11.5 Å². The quantitative estimate of drug-likeness (QED) is 0.215. The van der Waals surface area contributed by atoms with E-state index in [1.165, 1.54) is 18.5 Å². The first-order valence-corrected chi connectivity index (χ1v) is 26.8. The van der Waals surface area contributed by atoms with Gasteiger partial charge in [0, 0.05) is 81.5 Å². The minimum absolute atomic E-state index is 0.0320. The number of carbonyl (C=O) groups is 4. The Kier molecular flexibility index (Phi) is 12.0. The Labute approximate surface area is 437 Å². The molecule has 0 bridgehead atoms. The van der Waals surface area contributed by atoms with Crippen molar-refractivity contribution in [2.24, 2.45) is 28.6 Å². The van der Waals surface area contributed by atoms with Gasteiger partial charge in [-0.25, -0.2) is 18.4 Å². The number of rotatable bonds is 8. The number of fused-ring (bicyclic) bond motifs is 5. The second-order valence-corrected chi connectivity index (χ2v) is 23.3. The summed E-state index contributed by atoms with van der Waals surface area (Å²) >= 11 is 0. The van der Waals surface area contributed by atoms with Gasteiger partial charge in [0.25, 0.3) is 0 Å². The van der Waals surface area contributed by atoms with Crippen molar-refractivity contribution in [3.05, 3.63) is 91.5 Å². The van der Waals surface area contributed by atoms with Gasteiger partial charge in [0.2, 0.25) is 16.6 Å². The summed E-state index contributed by atoms with van der Waals surface area (Å²) in [6.45, 7) is 11.7. The molecule has 4 aliphatic carbocycles. The van der Waals surface area contributed by atoms with E-state index in [0.29, 0.717) is 82.7 Å². The molecule has 2 aromatic heterocycles. The van der Waals surface area contributed by atoms with E-state index in [4.69, 9.17) is 18.9 Å². The number of Topliss-reactive ketones (excluding diaryl/α,β-unsaturated/α-hetero) is 1. The third-order valence-electron chi connectivity index (χ3n) is 19.0. The molecule has 19 heteroatoms. The van der Waals surface area contributed by atoms with Gasteiger partial charge in [-0.3, -0.25) is 19.2 Å². The normalized spacial score (nSPS) is 31.0. The molecule has 12 rings (SSSR count). The van der Waals surface area contributed by atoms with Crippen LogP contribution in [0, 0.1) is 40.2 Å². The number of halogens is 2. The van der Waals surface area contributed by atoms with E-state index >= 15 is 18.4 Å². The summed E-state index contributed by atoms with van der Waals surface area (Å²) in [7, 11) is 3.98. The van der Waals surface area contributed by atoms with Crippen molar-refractivity contribution < 1.29 is 52.0 Å². The van der Waals surface area contributed by atoms with Crippen LogP contribution in [-0.2, 0) is 19.1 Å². The van der Waals surface area contributed by atoms with Crippen molar-refractivity contribution >= 4 is 56.7 Å². The minimum Gasteiger partial charge on any atom is -0.487 e. The standard InChI is InChI=1S/C57H64F2N6O11/c1-30-27-73-51-45-35(22-40(58)47(51)62-17-13-60(5)14-18-62)49(69)37(25-64(30)45)53(71)75-29-43(68)57(12-10-39-34-8-7-32-21-33(66)9-11-55(32,3)44(34)42(67)24-56(39,57)4)76-54(72)38-26-65-31(2)28-74-52-46(65)36(50(38)70)23-41(59)48(52)63-19-15-61(6)16-20-63/h9,11,21-23,25-26,30-31,34,39,42,44,67H,7-8,10,12-20,24,27-29H2,1-6H3/t30-,31+,34-,39-,42?,44+,55-,56-,57-/m0/s1. The zero-order valence-electron chi connectivity index (χ0n) is 43.8. The van der Waals surface area contributed by atoms with Crippen molar-refractivity contribution in [1.29, 1.82) is 0 Å². The summed E-state index contributed by atoms with van der Waals surface area (Å²) in [6, 6.07) is 1.45. The molecule has 3 saturated carbocycles. The number of pyridine rings is 2. The van der Waals surface area contributed by atoms with Gasteiger partial charge >= 0.3 is 11.9 Å². The highest BCUT2D eigenvalue weighted by atomic mass is 19.1. The molecule has 4 aliphatic heterocycles. The van der Waals surface area contributed by atoms with E-state index in [1.54, 1.807) is 22.1 Å². The molecular weight excluding hydrogens is 983 g/mol. The fraction of sp³-hybridized carbons (Fsp3) is 0.544. The number of hydrogen-bond donors (Lipinski definition) is 1. The minimum atomic E-state index is -2.09. The van der Waals surface area contributed by atoms with Gasteiger partial charge in [-0.15, -0.1) is 0 Å². The Balaban J connectivity index is 0.912. The highest BCUT2D eigenvalue weighted by molar-refractivity contribution is 6.03. The maximum Gasteiger partial charge on any atom is 0.344 e. The molecule has 4 aromatic rings. The molecule has 8 aliphatic rings. The second kappa shape index (κ2) is 18.1. The van der Waals surface area contributed by atoms with E-state index < -0.39 is 92.6 Å². The lowest BCUT2D eigenvalue weighted by molar-refractivity contribution is -0.179. The van der Waals surface area contributed by atoms with Gasteiger partial charge in [-0.05, 0) is 96.2 Å². The van der Waals surface area contributed by atoms with Gasteiger partial charge in [-0.1, -0.05) is 25.5 Å². The molecule has 17 nitrogen and oxygen atoms in total. The van der Waals surface area contributed by atoms with Gasteiger partial charge in [0.05, 0.1) is 40.0 Å². The number of esters is 2. The summed E-state index contributed by atoms with van der Waals surface area (Å²) in [4.78, 5) is 94.7. The van der Waals surface area contributed by atoms with E-state index in [2.05, 4.69) is 9.80 Å². The van der Waals surface area contributed by atoms with Gasteiger partial charge in [0.15, 0.2) is 41.1 Å². The number of allylic oxidation sites excluding steroid dienone is 4. The third-order valence-corrected chi connectivity index (χ3v) is 19.0. The van der Waals surface area contributed by atoms with E-state index in [0.717, 1.165) is 17.7 Å². The number of likely N-dealkylation sites (N-methyl/N-ethyl adjacent to an activating group) is 2. The number of nitrogens with zero attached hydrogens (tertiary/aromatic N) is 6. The molecule has 2 aromatic carbocycles. The summed E-state index contributed by atoms with van der Waals surface area (Å²) in [5, 5.41) is 12.2. The van der Waals surface area contributed by atoms with Crippen molar-refractivity contribution in [1.82, 2.24) is 18.9 Å². The van der Waals surface area contributed by atoms with Crippen molar-refractivity contribution in [2.45, 2.75) is 83.6 Å². The molecule has 76 heavy (non-hydrogen) atoms. The zero-order valence-corrected chi connectivity index (χ0v) is 43.8. The predicted molar refractivity (Wildman–Crippen MR) is 278 cm³/mol. The number of ketones is 2. The number of piperazine rings is 2. The summed E-state index contributed by atoms with van der Waals surface area (Å²) in [5.41, 5.74) is -4.52. The summed E-state index contributed by atoms with van der Waals surface area (Å²) < 4.78 is 60.9. The Bertz CT molecular complexity index is 3370. The molecule has 0 spiro atoms. The Morgan fingerprint density at radius 2 is 1.29 bits per heavy atom. The van der Waals surface area contributed by atoms with Crippen LogP contribution in [0.1, 0.15) is 92.6 Å². The first-order chi connectivity index (χ1) is 36.2. The number of aromatic nitrogens is 2. The smallest absolute Gasteiger partial charge is 0.344 e. The Morgan fingerprint density at radius 3 is 1.83 bits per heavy atom. The highest BCUT2D eigenvalue weighted by Gasteiger charge is 2.70. The molecule has 6 heterocycles. The van der Waals surface area contributed by atoms with Crippen LogP contribution in [0.15, 0.2) is 57.9 Å². The maximum absolute atomic E-state index is 16.5. The van der Waals surface area contributed by atoms with Crippen LogP contribution >= 0.6 is 0 Å². The van der Waals surface area contributed by atoms with Crippen LogP contribution < -0.4 is 30.1 Å². The van der Waals surface area contributed by atoms with Gasteiger partial charge in [-0.2, -0.15) is 0 Å². The Hall–Kier alpha value is -6.44. The SMILES string of the molecule is C[C@@H]1COc2c(N3CCN(C)CC3)c(F)cc3c(=O)c(C(=O)O[C@]4(C(=O)COC(=O)c5cn6c7c(c(N8CCN(C)CC8)c(F)cc7c5=O)OC[C@@H]6C)CC[C@H]5[C@@H]6CCC7=CC(=O)C=C[C@]7(C)[C@H]6C(O)C[C@@]54C)cn1c23. The molecule has 402 valence electrons. The van der Waals surface area contributed by atoms with Crippen LogP contribution in [0.4, 0.5) is 20.2 Å². The topological polar surface area (TPSA) is 182 Å². The fourth-order valence-corrected chi connectivity index (χ4v) is 14.9. The summed E-state index contributed by atoms with van der Waals surface area (Å²) in [6.07, 6.45) is 8.13. The number of anilines is 2. The second-order valence-electron chi connectivity index (χ2n) is 23.3. The van der Waals surface area contributed by atoms with Crippen LogP contribution in [0.3, 0.4) is 0 Å². The number of benzene rings is 2. The zero-order chi connectivity index (χ0) is 53.5. The number of aliphatic hydroxyl groups is 1. The van der Waals surface area contributed by atoms with E-state index in [-0.39, 0.29) is 83.2 Å². The summed E-state index contributed by atoms with van der Waals surface area (Å²) in [5.74, 6) is -5.09. The van der Waals surface area contributed by atoms with Crippen molar-refractivity contribution in [3.8, 4) is 11.5 Å². The maximum atomic E-state index is 16.5. The number of hydrogen-bond acceptors (Lipinski definition) is 15. The molecule has 0 radical (unpaired) electrons. The largest absolute Gasteiger partial charge is 0.487 e. The van der Waals surface area contributed by atoms with Crippen LogP contribution in [-0.4, -0.2) is 146 Å². The van der Waals surface area contributed by atoms with E-state index in [1.807, 2.05) is 50.7 Å². The number of ether oxygens (including phenoxy) is 4. The lowest BCUT2D eigenvalue weighted by atomic mass is 9.46. The van der Waals surface area contributed by atoms with Crippen LogP contribution in [0.25, 0.3) is 21.8 Å². The average molecular weight is 1050 g/mol. The van der Waals surface area contributed by atoms with E-state index in [9.17, 15) is 24.3 Å². The number of aliphatic hydroxyl groups excluding tert-OH is 1. The van der Waals surface area contributed by atoms with Crippen molar-refractivity contribution in [2.75, 3.05) is 96.1 Å². The number of carbonyl (C=O) groups excluding carboxylic acids is 4. The predicted octanol–water partition coefficient (Wildman–Crippen LogP) is 5.61. The lowest BCUT2D eigenvalue weighted by Crippen LogP contribution is -2.63.